The summed E-state index contributed by atoms with van der Waals surface area (Å²) in [6, 6.07) is 12.0. The number of sulfonamides is 1. The zero-order chi connectivity index (χ0) is 20.1. The van der Waals surface area contributed by atoms with E-state index in [1.165, 1.54) is 17.7 Å². The van der Waals surface area contributed by atoms with Crippen molar-refractivity contribution < 1.29 is 17.9 Å². The Kier molecular flexibility index (Phi) is 6.75. The van der Waals surface area contributed by atoms with Crippen molar-refractivity contribution in [2.24, 2.45) is 0 Å². The van der Waals surface area contributed by atoms with Crippen LogP contribution in [0.1, 0.15) is 36.5 Å². The molecule has 0 bridgehead atoms. The summed E-state index contributed by atoms with van der Waals surface area (Å²) in [4.78, 5) is 11.9. The Morgan fingerprint density at radius 3 is 2.68 bits per heavy atom. The third-order valence-corrected chi connectivity index (χ3v) is 6.72. The number of ether oxygens (including phenoxy) is 1. The monoisotopic (exact) mass is 421 g/mol. The van der Waals surface area contributed by atoms with E-state index in [2.05, 4.69) is 4.72 Å². The number of hydrogen-bond acceptors (Lipinski definition) is 4. The molecule has 1 aliphatic carbocycles. The maximum Gasteiger partial charge on any atom is 0.306 e. The minimum Gasteiger partial charge on any atom is -0.466 e. The molecule has 0 fully saturated rings. The molecule has 1 N–H and O–H groups in total. The minimum absolute atomic E-state index is 0.159. The molecular formula is C21H24ClNO4S. The molecule has 1 aliphatic rings. The molecule has 0 saturated heterocycles. The topological polar surface area (TPSA) is 72.5 Å². The van der Waals surface area contributed by atoms with E-state index in [1.807, 2.05) is 18.2 Å². The van der Waals surface area contributed by atoms with Crippen molar-refractivity contribution in [2.45, 2.75) is 50.0 Å². The third kappa shape index (κ3) is 5.13. The second kappa shape index (κ2) is 9.07. The molecule has 3 rings (SSSR count). The van der Waals surface area contributed by atoms with Gasteiger partial charge in [-0.1, -0.05) is 29.8 Å². The van der Waals surface area contributed by atoms with Crippen LogP contribution in [0.2, 0.25) is 5.02 Å². The van der Waals surface area contributed by atoms with E-state index < -0.39 is 10.0 Å². The van der Waals surface area contributed by atoms with Crippen LogP contribution >= 0.6 is 11.6 Å². The third-order valence-electron chi connectivity index (χ3n) is 4.93. The number of rotatable bonds is 7. The fourth-order valence-corrected chi connectivity index (χ4v) is 4.99. The van der Waals surface area contributed by atoms with Crippen LogP contribution in [0.25, 0.3) is 0 Å². The molecule has 7 heteroatoms. The smallest absolute Gasteiger partial charge is 0.306 e. The lowest BCUT2D eigenvalue weighted by molar-refractivity contribution is -0.143. The van der Waals surface area contributed by atoms with Crippen LogP contribution in [0.4, 0.5) is 0 Å². The first kappa shape index (κ1) is 20.8. The summed E-state index contributed by atoms with van der Waals surface area (Å²) in [5, 5.41) is 0.501. The summed E-state index contributed by atoms with van der Waals surface area (Å²) in [6.45, 7) is 2.19. The van der Waals surface area contributed by atoms with E-state index >= 15 is 0 Å². The standard InChI is InChI=1S/C21H24ClNO4S/c1-2-27-21(24)13-6-15-4-3-5-16-14-18(9-12-20(15)16)23-28(25,26)19-10-7-17(22)8-11-19/h3-5,7-8,10-11,18,23H,2,6,9,12-14H2,1H3. The first-order valence-corrected chi connectivity index (χ1v) is 11.3. The predicted molar refractivity (Wildman–Crippen MR) is 109 cm³/mol. The van der Waals surface area contributed by atoms with Gasteiger partial charge in [-0.15, -0.1) is 0 Å². The lowest BCUT2D eigenvalue weighted by Crippen LogP contribution is -2.39. The minimum atomic E-state index is -3.59. The second-order valence-electron chi connectivity index (χ2n) is 6.87. The number of hydrogen-bond donors (Lipinski definition) is 1. The molecule has 0 saturated carbocycles. The number of carbonyl (C=O) groups is 1. The molecule has 0 aromatic heterocycles. The van der Waals surface area contributed by atoms with Gasteiger partial charge in [0.1, 0.15) is 0 Å². The van der Waals surface area contributed by atoms with Crippen molar-refractivity contribution in [1.82, 2.24) is 4.72 Å². The largest absolute Gasteiger partial charge is 0.466 e. The molecule has 0 amide bonds. The van der Waals surface area contributed by atoms with Crippen LogP contribution in [-0.2, 0) is 38.8 Å². The number of benzene rings is 2. The Balaban J connectivity index is 1.68. The van der Waals surface area contributed by atoms with E-state index in [-0.39, 0.29) is 16.9 Å². The van der Waals surface area contributed by atoms with E-state index in [9.17, 15) is 13.2 Å². The van der Waals surface area contributed by atoms with Gasteiger partial charge in [-0.3, -0.25) is 4.79 Å². The zero-order valence-corrected chi connectivity index (χ0v) is 17.4. The number of esters is 1. The van der Waals surface area contributed by atoms with Gasteiger partial charge in [-0.2, -0.15) is 0 Å². The highest BCUT2D eigenvalue weighted by molar-refractivity contribution is 7.89. The molecule has 0 heterocycles. The fourth-order valence-electron chi connectivity index (χ4n) is 3.59. The van der Waals surface area contributed by atoms with Gasteiger partial charge in [0.15, 0.2) is 0 Å². The highest BCUT2D eigenvalue weighted by Gasteiger charge is 2.25. The average molecular weight is 422 g/mol. The molecule has 2 aromatic carbocycles. The van der Waals surface area contributed by atoms with Crippen molar-refractivity contribution in [2.75, 3.05) is 6.61 Å². The Bertz CT molecular complexity index is 941. The second-order valence-corrected chi connectivity index (χ2v) is 9.03. The van der Waals surface area contributed by atoms with Crippen molar-refractivity contribution in [3.8, 4) is 0 Å². The van der Waals surface area contributed by atoms with Crippen LogP contribution in [0.5, 0.6) is 0 Å². The number of fused-ring (bicyclic) bond motifs is 1. The van der Waals surface area contributed by atoms with Crippen LogP contribution < -0.4 is 4.72 Å². The van der Waals surface area contributed by atoms with E-state index in [0.29, 0.717) is 30.9 Å². The van der Waals surface area contributed by atoms with E-state index in [0.717, 1.165) is 24.0 Å². The maximum absolute atomic E-state index is 12.6. The summed E-state index contributed by atoms with van der Waals surface area (Å²) >= 11 is 5.84. The molecule has 28 heavy (non-hydrogen) atoms. The Labute approximate surface area is 171 Å². The molecule has 0 radical (unpaired) electrons. The van der Waals surface area contributed by atoms with Gasteiger partial charge in [0.25, 0.3) is 0 Å². The molecule has 1 atom stereocenters. The molecule has 0 aliphatic heterocycles. The van der Waals surface area contributed by atoms with Crippen molar-refractivity contribution in [3.63, 3.8) is 0 Å². The lowest BCUT2D eigenvalue weighted by atomic mass is 9.85. The Morgan fingerprint density at radius 2 is 1.96 bits per heavy atom. The first-order valence-electron chi connectivity index (χ1n) is 9.42. The van der Waals surface area contributed by atoms with Crippen LogP contribution in [0.3, 0.4) is 0 Å². The normalized spacial score (nSPS) is 16.4. The molecule has 5 nitrogen and oxygen atoms in total. The van der Waals surface area contributed by atoms with E-state index in [1.54, 1.807) is 19.1 Å². The van der Waals surface area contributed by atoms with Crippen LogP contribution in [0, 0.1) is 0 Å². The van der Waals surface area contributed by atoms with Gasteiger partial charge in [-0.05, 0) is 73.6 Å². The summed E-state index contributed by atoms with van der Waals surface area (Å²) in [5.41, 5.74) is 3.51. The first-order chi connectivity index (χ1) is 13.4. The van der Waals surface area contributed by atoms with Gasteiger partial charge in [-0.25, -0.2) is 13.1 Å². The highest BCUT2D eigenvalue weighted by atomic mass is 35.5. The van der Waals surface area contributed by atoms with Gasteiger partial charge in [0.05, 0.1) is 11.5 Å². The molecule has 0 spiro atoms. The molecule has 150 valence electrons. The number of nitrogens with one attached hydrogen (secondary N) is 1. The van der Waals surface area contributed by atoms with Gasteiger partial charge < -0.3 is 4.74 Å². The quantitative estimate of drug-likeness (QED) is 0.692. The molecular weight excluding hydrogens is 398 g/mol. The Hall–Kier alpha value is -1.89. The van der Waals surface area contributed by atoms with Crippen LogP contribution in [-0.4, -0.2) is 27.0 Å². The summed E-state index contributed by atoms with van der Waals surface area (Å²) in [7, 11) is -3.59. The van der Waals surface area contributed by atoms with Crippen molar-refractivity contribution in [3.05, 3.63) is 64.2 Å². The van der Waals surface area contributed by atoms with Crippen LogP contribution in [0.15, 0.2) is 47.4 Å². The highest BCUT2D eigenvalue weighted by Crippen LogP contribution is 2.27. The summed E-state index contributed by atoms with van der Waals surface area (Å²) in [6.07, 6.45) is 3.13. The summed E-state index contributed by atoms with van der Waals surface area (Å²) in [5.74, 6) is -0.190. The number of halogens is 1. The number of carbonyl (C=O) groups excluding carboxylic acids is 1. The maximum atomic E-state index is 12.6. The fraction of sp³-hybridized carbons (Fsp3) is 0.381. The average Bonchev–Trinajstić information content (AvgIpc) is 2.66. The van der Waals surface area contributed by atoms with Gasteiger partial charge in [0.2, 0.25) is 10.0 Å². The summed E-state index contributed by atoms with van der Waals surface area (Å²) < 4.78 is 33.1. The van der Waals surface area contributed by atoms with Crippen molar-refractivity contribution >= 4 is 27.6 Å². The van der Waals surface area contributed by atoms with Gasteiger partial charge in [0, 0.05) is 17.5 Å². The lowest BCUT2D eigenvalue weighted by Gasteiger charge is -2.27. The molecule has 1 unspecified atom stereocenters. The Morgan fingerprint density at radius 1 is 1.21 bits per heavy atom. The van der Waals surface area contributed by atoms with Gasteiger partial charge >= 0.3 is 5.97 Å². The zero-order valence-electron chi connectivity index (χ0n) is 15.8. The van der Waals surface area contributed by atoms with E-state index in [4.69, 9.17) is 16.3 Å². The SMILES string of the molecule is CCOC(=O)CCc1cccc2c1CCC(NS(=O)(=O)c1ccc(Cl)cc1)C2. The predicted octanol–water partition coefficient (Wildman–Crippen LogP) is 3.67. The molecule has 2 aromatic rings. The number of aryl methyl sites for hydroxylation is 1. The van der Waals surface area contributed by atoms with Crippen molar-refractivity contribution in [1.29, 1.82) is 0 Å².